The summed E-state index contributed by atoms with van der Waals surface area (Å²) in [5.74, 6) is 1.57. The number of pyridine rings is 1. The van der Waals surface area contributed by atoms with E-state index in [0.717, 1.165) is 77.9 Å². The topological polar surface area (TPSA) is 48.2 Å². The average Bonchev–Trinajstić information content (AvgIpc) is 3.21. The average molecular weight is 456 g/mol. The van der Waals surface area contributed by atoms with Gasteiger partial charge in [-0.05, 0) is 62.3 Å². The minimum atomic E-state index is 0.467. The predicted molar refractivity (Wildman–Crippen MR) is 132 cm³/mol. The Kier molecular flexibility index (Phi) is 7.16. The van der Waals surface area contributed by atoms with Crippen molar-refractivity contribution >= 4 is 23.0 Å². The van der Waals surface area contributed by atoms with Gasteiger partial charge >= 0.3 is 0 Å². The van der Waals surface area contributed by atoms with E-state index in [0.29, 0.717) is 6.04 Å². The number of nitrogens with zero attached hydrogens (tertiary/aromatic N) is 3. The number of anilines is 1. The number of methoxy groups -OCH3 is 2. The second-order valence-corrected chi connectivity index (χ2v) is 8.94. The predicted octanol–water partition coefficient (Wildman–Crippen LogP) is 5.44. The normalized spacial score (nSPS) is 14.7. The molecule has 0 unspecified atom stereocenters. The van der Waals surface area contributed by atoms with Crippen LogP contribution in [0.15, 0.2) is 35.4 Å². The maximum Gasteiger partial charge on any atom is 0.142 e. The summed E-state index contributed by atoms with van der Waals surface area (Å²) in [5, 5.41) is 6.12. The highest BCUT2D eigenvalue weighted by Gasteiger charge is 2.28. The summed E-state index contributed by atoms with van der Waals surface area (Å²) >= 11 is 1.70. The SMILES string of the molecule is CCCN(c1c(SC)nn2c(-c3c(OC)cc(C)cc3OC)cccc12)C1CCOCC1. The molecule has 1 aromatic carbocycles. The van der Waals surface area contributed by atoms with Crippen molar-refractivity contribution in [1.82, 2.24) is 9.61 Å². The Morgan fingerprint density at radius 3 is 2.44 bits per heavy atom. The molecule has 0 saturated carbocycles. The first-order valence-corrected chi connectivity index (χ1v) is 12.5. The molecule has 1 fully saturated rings. The number of aryl methyl sites for hydroxylation is 1. The monoisotopic (exact) mass is 455 g/mol. The molecule has 3 aromatic rings. The fourth-order valence-corrected chi connectivity index (χ4v) is 5.22. The lowest BCUT2D eigenvalue weighted by Gasteiger charge is -2.35. The van der Waals surface area contributed by atoms with Crippen molar-refractivity contribution < 1.29 is 14.2 Å². The number of benzene rings is 1. The van der Waals surface area contributed by atoms with Crippen molar-refractivity contribution in [2.75, 3.05) is 45.1 Å². The molecular weight excluding hydrogens is 422 g/mol. The van der Waals surface area contributed by atoms with Crippen molar-refractivity contribution in [2.24, 2.45) is 0 Å². The minimum Gasteiger partial charge on any atom is -0.496 e. The smallest absolute Gasteiger partial charge is 0.142 e. The van der Waals surface area contributed by atoms with E-state index in [1.165, 1.54) is 5.69 Å². The zero-order valence-electron chi connectivity index (χ0n) is 19.7. The summed E-state index contributed by atoms with van der Waals surface area (Å²) < 4.78 is 19.2. The fraction of sp³-hybridized carbons (Fsp3) is 0.480. The van der Waals surface area contributed by atoms with Crippen molar-refractivity contribution in [3.05, 3.63) is 35.9 Å². The van der Waals surface area contributed by atoms with Gasteiger partial charge in [0.25, 0.3) is 0 Å². The minimum absolute atomic E-state index is 0.467. The van der Waals surface area contributed by atoms with Gasteiger partial charge in [-0.2, -0.15) is 5.10 Å². The summed E-state index contributed by atoms with van der Waals surface area (Å²) in [6, 6.07) is 10.9. The highest BCUT2D eigenvalue weighted by atomic mass is 32.2. The molecule has 1 saturated heterocycles. The maximum atomic E-state index is 5.77. The number of fused-ring (bicyclic) bond motifs is 1. The number of hydrogen-bond acceptors (Lipinski definition) is 6. The molecule has 6 nitrogen and oxygen atoms in total. The van der Waals surface area contributed by atoms with E-state index in [1.54, 1.807) is 26.0 Å². The van der Waals surface area contributed by atoms with E-state index in [-0.39, 0.29) is 0 Å². The zero-order valence-corrected chi connectivity index (χ0v) is 20.5. The Hall–Kier alpha value is -2.38. The molecular formula is C25H33N3O3S. The van der Waals surface area contributed by atoms with Crippen LogP contribution in [0.25, 0.3) is 16.8 Å². The van der Waals surface area contributed by atoms with Crippen LogP contribution in [0.1, 0.15) is 31.7 Å². The number of rotatable bonds is 8. The lowest BCUT2D eigenvalue weighted by Crippen LogP contribution is -2.40. The van der Waals surface area contributed by atoms with Crippen LogP contribution in [0.2, 0.25) is 0 Å². The van der Waals surface area contributed by atoms with Gasteiger partial charge in [0.05, 0.1) is 36.7 Å². The van der Waals surface area contributed by atoms with Crippen LogP contribution in [0.3, 0.4) is 0 Å². The Bertz CT molecular complexity index is 1050. The van der Waals surface area contributed by atoms with Crippen molar-refractivity contribution in [3.63, 3.8) is 0 Å². The molecule has 32 heavy (non-hydrogen) atoms. The number of thioether (sulfide) groups is 1. The van der Waals surface area contributed by atoms with Gasteiger partial charge in [0.1, 0.15) is 16.5 Å². The standard InChI is InChI=1S/C25H33N3O3S/c1-6-12-27(18-10-13-31-14-11-18)24-20-9-7-8-19(28(20)26-25(24)32-5)23-21(29-3)15-17(2)16-22(23)30-4/h7-9,15-16,18H,6,10-14H2,1-5H3. The molecule has 0 bridgehead atoms. The molecule has 0 spiro atoms. The highest BCUT2D eigenvalue weighted by molar-refractivity contribution is 7.98. The van der Waals surface area contributed by atoms with Crippen LogP contribution < -0.4 is 14.4 Å². The van der Waals surface area contributed by atoms with Crippen molar-refractivity contribution in [1.29, 1.82) is 0 Å². The molecule has 3 heterocycles. The molecule has 0 aliphatic carbocycles. The van der Waals surface area contributed by atoms with Gasteiger partial charge in [0.15, 0.2) is 0 Å². The molecule has 7 heteroatoms. The first-order valence-electron chi connectivity index (χ1n) is 11.3. The van der Waals surface area contributed by atoms with E-state index < -0.39 is 0 Å². The number of aromatic nitrogens is 2. The Labute approximate surface area is 194 Å². The van der Waals surface area contributed by atoms with Crippen LogP contribution in [-0.2, 0) is 4.74 Å². The third-order valence-electron chi connectivity index (χ3n) is 6.08. The van der Waals surface area contributed by atoms with E-state index in [9.17, 15) is 0 Å². The first-order chi connectivity index (χ1) is 15.6. The van der Waals surface area contributed by atoms with Gasteiger partial charge < -0.3 is 19.1 Å². The fourth-order valence-electron chi connectivity index (χ4n) is 4.64. The molecule has 1 aliphatic heterocycles. The number of hydrogen-bond donors (Lipinski definition) is 0. The van der Waals surface area contributed by atoms with Gasteiger partial charge in [-0.15, -0.1) is 11.8 Å². The van der Waals surface area contributed by atoms with Gasteiger partial charge in [-0.25, -0.2) is 4.52 Å². The molecule has 0 N–H and O–H groups in total. The molecule has 4 rings (SSSR count). The summed E-state index contributed by atoms with van der Waals surface area (Å²) in [4.78, 5) is 2.56. The molecule has 2 aromatic heterocycles. The van der Waals surface area contributed by atoms with Crippen LogP contribution in [0, 0.1) is 6.92 Å². The van der Waals surface area contributed by atoms with Crippen LogP contribution in [0.5, 0.6) is 11.5 Å². The lowest BCUT2D eigenvalue weighted by molar-refractivity contribution is 0.0844. The lowest BCUT2D eigenvalue weighted by atomic mass is 10.0. The van der Waals surface area contributed by atoms with Gasteiger partial charge in [0.2, 0.25) is 0 Å². The summed E-state index contributed by atoms with van der Waals surface area (Å²) in [6.07, 6.45) is 5.28. The van der Waals surface area contributed by atoms with Gasteiger partial charge in [-0.1, -0.05) is 13.0 Å². The maximum absolute atomic E-state index is 5.77. The van der Waals surface area contributed by atoms with Gasteiger partial charge in [0, 0.05) is 25.8 Å². The largest absolute Gasteiger partial charge is 0.496 e. The van der Waals surface area contributed by atoms with E-state index in [1.807, 2.05) is 19.1 Å². The van der Waals surface area contributed by atoms with Crippen LogP contribution in [-0.4, -0.2) is 55.9 Å². The zero-order chi connectivity index (χ0) is 22.7. The molecule has 0 atom stereocenters. The Morgan fingerprint density at radius 1 is 1.16 bits per heavy atom. The summed E-state index contributed by atoms with van der Waals surface area (Å²) in [5.41, 5.74) is 5.30. The molecule has 1 aliphatic rings. The second kappa shape index (κ2) is 10.0. The van der Waals surface area contributed by atoms with Crippen molar-refractivity contribution in [2.45, 2.75) is 44.2 Å². The molecule has 0 radical (unpaired) electrons. The molecule has 172 valence electrons. The number of ether oxygens (including phenoxy) is 3. The third kappa shape index (κ3) is 4.16. The van der Waals surface area contributed by atoms with E-state index in [2.05, 4.69) is 40.8 Å². The quantitative estimate of drug-likeness (QED) is 0.421. The van der Waals surface area contributed by atoms with E-state index >= 15 is 0 Å². The Morgan fingerprint density at radius 2 is 1.84 bits per heavy atom. The summed E-state index contributed by atoms with van der Waals surface area (Å²) in [6.45, 7) is 6.93. The van der Waals surface area contributed by atoms with Crippen LogP contribution >= 0.6 is 11.8 Å². The second-order valence-electron chi connectivity index (χ2n) is 8.15. The van der Waals surface area contributed by atoms with Gasteiger partial charge in [-0.3, -0.25) is 0 Å². The van der Waals surface area contributed by atoms with E-state index in [4.69, 9.17) is 19.3 Å². The Balaban J connectivity index is 1.94. The third-order valence-corrected chi connectivity index (χ3v) is 6.75. The first kappa shape index (κ1) is 22.8. The van der Waals surface area contributed by atoms with Crippen molar-refractivity contribution in [3.8, 4) is 22.8 Å². The van der Waals surface area contributed by atoms with Crippen LogP contribution in [0.4, 0.5) is 5.69 Å². The highest BCUT2D eigenvalue weighted by Crippen LogP contribution is 2.42. The summed E-state index contributed by atoms with van der Waals surface area (Å²) in [7, 11) is 3.40. The molecule has 0 amide bonds.